The van der Waals surface area contributed by atoms with E-state index >= 15 is 0 Å². The zero-order chi connectivity index (χ0) is 16.1. The predicted molar refractivity (Wildman–Crippen MR) is 91.3 cm³/mol. The van der Waals surface area contributed by atoms with Gasteiger partial charge in [0.25, 0.3) is 0 Å². The maximum atomic E-state index is 6.01. The fourth-order valence-electron chi connectivity index (χ4n) is 2.76. The highest BCUT2D eigenvalue weighted by Gasteiger charge is 2.12. The van der Waals surface area contributed by atoms with Gasteiger partial charge in [0, 0.05) is 0 Å². The fraction of sp³-hybridized carbons (Fsp3) is 0.333. The summed E-state index contributed by atoms with van der Waals surface area (Å²) in [5.41, 5.74) is 17.0. The first-order valence-corrected chi connectivity index (χ1v) is 8.00. The standard InChI is InChI=1S/C18H24N4O/c1-13-5-3-6-14(2)17(13)12-23-16-8-4-7-15(11-16)9-10-18-19-21-22-20-18/h3-8,11,18-22H,9-10,12H2,1-2H3. The second kappa shape index (κ2) is 7.57. The zero-order valence-corrected chi connectivity index (χ0v) is 13.6. The summed E-state index contributed by atoms with van der Waals surface area (Å²) in [5, 5.41) is 0. The second-order valence-corrected chi connectivity index (χ2v) is 5.94. The van der Waals surface area contributed by atoms with E-state index in [0.717, 1.165) is 18.6 Å². The molecule has 5 heteroatoms. The van der Waals surface area contributed by atoms with Gasteiger partial charge < -0.3 is 4.74 Å². The van der Waals surface area contributed by atoms with Crippen LogP contribution in [0.15, 0.2) is 42.5 Å². The molecule has 0 amide bonds. The molecule has 0 spiro atoms. The highest BCUT2D eigenvalue weighted by molar-refractivity contribution is 5.34. The van der Waals surface area contributed by atoms with Gasteiger partial charge in [0.2, 0.25) is 0 Å². The minimum absolute atomic E-state index is 0.231. The van der Waals surface area contributed by atoms with Crippen molar-refractivity contribution in [3.8, 4) is 5.75 Å². The predicted octanol–water partition coefficient (Wildman–Crippen LogP) is 2.26. The Balaban J connectivity index is 1.58. The number of hydrogen-bond acceptors (Lipinski definition) is 5. The van der Waals surface area contributed by atoms with E-state index in [1.165, 1.54) is 22.3 Å². The van der Waals surface area contributed by atoms with Crippen molar-refractivity contribution in [3.63, 3.8) is 0 Å². The van der Waals surface area contributed by atoms with Gasteiger partial charge in [-0.2, -0.15) is 11.1 Å². The Morgan fingerprint density at radius 1 is 0.957 bits per heavy atom. The van der Waals surface area contributed by atoms with Crippen LogP contribution in [0.3, 0.4) is 0 Å². The van der Waals surface area contributed by atoms with Crippen molar-refractivity contribution in [1.82, 2.24) is 21.9 Å². The summed E-state index contributed by atoms with van der Waals surface area (Å²) in [5.74, 6) is 0.925. The number of ether oxygens (including phenoxy) is 1. The quantitative estimate of drug-likeness (QED) is 0.659. The highest BCUT2D eigenvalue weighted by atomic mass is 16.5. The molecule has 0 aromatic heterocycles. The third kappa shape index (κ3) is 4.30. The molecule has 0 radical (unpaired) electrons. The molecule has 23 heavy (non-hydrogen) atoms. The topological polar surface area (TPSA) is 57.4 Å². The molecule has 3 rings (SSSR count). The van der Waals surface area contributed by atoms with Gasteiger partial charge in [-0.05, 0) is 61.1 Å². The van der Waals surface area contributed by atoms with Gasteiger partial charge in [-0.25, -0.2) is 10.9 Å². The van der Waals surface area contributed by atoms with Gasteiger partial charge >= 0.3 is 0 Å². The number of benzene rings is 2. The third-order valence-corrected chi connectivity index (χ3v) is 4.20. The van der Waals surface area contributed by atoms with Crippen molar-refractivity contribution in [2.75, 3.05) is 0 Å². The Morgan fingerprint density at radius 3 is 2.39 bits per heavy atom. The average molecular weight is 312 g/mol. The normalized spacial score (nSPS) is 15.0. The molecule has 1 aliphatic rings. The first-order valence-electron chi connectivity index (χ1n) is 8.00. The molecule has 122 valence electrons. The van der Waals surface area contributed by atoms with Crippen molar-refractivity contribution >= 4 is 0 Å². The molecule has 2 aromatic rings. The summed E-state index contributed by atoms with van der Waals surface area (Å²) in [4.78, 5) is 0. The fourth-order valence-corrected chi connectivity index (χ4v) is 2.76. The van der Waals surface area contributed by atoms with Gasteiger partial charge in [-0.1, -0.05) is 30.3 Å². The molecule has 0 atom stereocenters. The van der Waals surface area contributed by atoms with Crippen molar-refractivity contribution in [3.05, 3.63) is 64.7 Å². The Morgan fingerprint density at radius 2 is 1.65 bits per heavy atom. The first kappa shape index (κ1) is 16.0. The SMILES string of the molecule is Cc1cccc(C)c1COc1cccc(CCC2NNNN2)c1. The highest BCUT2D eigenvalue weighted by Crippen LogP contribution is 2.19. The molecule has 1 heterocycles. The lowest BCUT2D eigenvalue weighted by molar-refractivity contribution is 0.304. The average Bonchev–Trinajstić information content (AvgIpc) is 3.06. The first-order chi connectivity index (χ1) is 11.2. The van der Waals surface area contributed by atoms with Crippen LogP contribution in [0.4, 0.5) is 0 Å². The van der Waals surface area contributed by atoms with Crippen molar-refractivity contribution in [1.29, 1.82) is 0 Å². The lowest BCUT2D eigenvalue weighted by Gasteiger charge is -2.13. The van der Waals surface area contributed by atoms with Gasteiger partial charge in [-0.3, -0.25) is 0 Å². The second-order valence-electron chi connectivity index (χ2n) is 5.94. The van der Waals surface area contributed by atoms with E-state index in [4.69, 9.17) is 4.74 Å². The van der Waals surface area contributed by atoms with Crippen molar-refractivity contribution in [2.45, 2.75) is 39.5 Å². The third-order valence-electron chi connectivity index (χ3n) is 4.20. The molecule has 1 aliphatic heterocycles. The van der Waals surface area contributed by atoms with Gasteiger partial charge in [0.1, 0.15) is 12.4 Å². The lowest BCUT2D eigenvalue weighted by atomic mass is 10.0. The minimum Gasteiger partial charge on any atom is -0.489 e. The molecular weight excluding hydrogens is 288 g/mol. The minimum atomic E-state index is 0.231. The van der Waals surface area contributed by atoms with E-state index in [9.17, 15) is 0 Å². The number of aryl methyl sites for hydroxylation is 3. The molecule has 0 saturated carbocycles. The number of rotatable bonds is 6. The van der Waals surface area contributed by atoms with Crippen LogP contribution in [0.5, 0.6) is 5.75 Å². The van der Waals surface area contributed by atoms with Crippen LogP contribution in [0.2, 0.25) is 0 Å². The molecule has 0 unspecified atom stereocenters. The van der Waals surface area contributed by atoms with Crippen LogP contribution < -0.4 is 26.7 Å². The Bertz CT molecular complexity index is 633. The summed E-state index contributed by atoms with van der Waals surface area (Å²) < 4.78 is 6.01. The number of hydrogen-bond donors (Lipinski definition) is 4. The van der Waals surface area contributed by atoms with Gasteiger partial charge in [0.05, 0.1) is 6.17 Å². The summed E-state index contributed by atoms with van der Waals surface area (Å²) in [6, 6.07) is 14.7. The molecule has 0 aliphatic carbocycles. The van der Waals surface area contributed by atoms with Crippen LogP contribution in [0, 0.1) is 13.8 Å². The molecule has 1 fully saturated rings. The molecule has 1 saturated heterocycles. The van der Waals surface area contributed by atoms with Crippen LogP contribution in [0.1, 0.15) is 28.7 Å². The summed E-state index contributed by atoms with van der Waals surface area (Å²) >= 11 is 0. The number of nitrogens with one attached hydrogen (secondary N) is 4. The molecule has 5 nitrogen and oxygen atoms in total. The largest absolute Gasteiger partial charge is 0.489 e. The van der Waals surface area contributed by atoms with Crippen LogP contribution in [-0.4, -0.2) is 6.17 Å². The monoisotopic (exact) mass is 312 g/mol. The van der Waals surface area contributed by atoms with E-state index in [0.29, 0.717) is 6.61 Å². The van der Waals surface area contributed by atoms with Crippen molar-refractivity contribution in [2.24, 2.45) is 0 Å². The maximum Gasteiger partial charge on any atom is 0.120 e. The van der Waals surface area contributed by atoms with Crippen LogP contribution in [0.25, 0.3) is 0 Å². The summed E-state index contributed by atoms with van der Waals surface area (Å²) in [6.07, 6.45) is 2.20. The van der Waals surface area contributed by atoms with E-state index < -0.39 is 0 Å². The Labute approximate surface area is 137 Å². The van der Waals surface area contributed by atoms with Gasteiger partial charge in [0.15, 0.2) is 0 Å². The molecule has 0 bridgehead atoms. The van der Waals surface area contributed by atoms with E-state index in [-0.39, 0.29) is 6.17 Å². The smallest absolute Gasteiger partial charge is 0.120 e. The molecule has 2 aromatic carbocycles. The van der Waals surface area contributed by atoms with Crippen LogP contribution >= 0.6 is 0 Å². The van der Waals surface area contributed by atoms with E-state index in [1.807, 2.05) is 6.07 Å². The molecular formula is C18H24N4O. The summed E-state index contributed by atoms with van der Waals surface area (Å²) in [7, 11) is 0. The van der Waals surface area contributed by atoms with Crippen LogP contribution in [-0.2, 0) is 13.0 Å². The zero-order valence-electron chi connectivity index (χ0n) is 13.6. The van der Waals surface area contributed by atoms with E-state index in [1.54, 1.807) is 0 Å². The molecule has 4 N–H and O–H groups in total. The maximum absolute atomic E-state index is 6.01. The summed E-state index contributed by atoms with van der Waals surface area (Å²) in [6.45, 7) is 4.87. The Hall–Kier alpha value is -1.92. The Kier molecular flexibility index (Phi) is 5.25. The van der Waals surface area contributed by atoms with E-state index in [2.05, 4.69) is 72.2 Å². The number of hydrazine groups is 3. The van der Waals surface area contributed by atoms with Crippen molar-refractivity contribution < 1.29 is 4.74 Å². The van der Waals surface area contributed by atoms with Gasteiger partial charge in [-0.15, -0.1) is 0 Å². The lowest BCUT2D eigenvalue weighted by Crippen LogP contribution is -2.33.